The summed E-state index contributed by atoms with van der Waals surface area (Å²) in [7, 11) is 0. The Morgan fingerprint density at radius 3 is 2.62 bits per heavy atom. The van der Waals surface area contributed by atoms with E-state index in [1.165, 1.54) is 0 Å². The zero-order chi connectivity index (χ0) is 14.7. The summed E-state index contributed by atoms with van der Waals surface area (Å²) in [5.74, 6) is 1.24. The molecule has 3 aromatic rings. The molecule has 3 rings (SSSR count). The number of benzene rings is 2. The molecule has 21 heavy (non-hydrogen) atoms. The fraction of sp³-hybridized carbons (Fsp3) is 0.222. The standard InChI is InChI=1S/C18H19NO2/c1-2-12-21-18-5-3-4-17-16(18)10-11-19(17)13-14-6-8-15(20)9-7-14/h3-11,20H,2,12-13H2,1H3. The van der Waals surface area contributed by atoms with E-state index in [4.69, 9.17) is 4.74 Å². The van der Waals surface area contributed by atoms with Crippen LogP contribution in [0.1, 0.15) is 18.9 Å². The van der Waals surface area contributed by atoms with Gasteiger partial charge in [0.2, 0.25) is 0 Å². The fourth-order valence-corrected chi connectivity index (χ4v) is 2.47. The third-order valence-electron chi connectivity index (χ3n) is 3.52. The van der Waals surface area contributed by atoms with E-state index < -0.39 is 0 Å². The van der Waals surface area contributed by atoms with Gasteiger partial charge < -0.3 is 14.4 Å². The molecule has 0 radical (unpaired) electrons. The minimum Gasteiger partial charge on any atom is -0.508 e. The number of hydrogen-bond donors (Lipinski definition) is 1. The Kier molecular flexibility index (Phi) is 3.82. The summed E-state index contributed by atoms with van der Waals surface area (Å²) in [5, 5.41) is 10.5. The van der Waals surface area contributed by atoms with Gasteiger partial charge in [-0.2, -0.15) is 0 Å². The van der Waals surface area contributed by atoms with Gasteiger partial charge in [-0.1, -0.05) is 25.1 Å². The van der Waals surface area contributed by atoms with Crippen LogP contribution in [0.5, 0.6) is 11.5 Å². The van der Waals surface area contributed by atoms with Crippen LogP contribution in [0.3, 0.4) is 0 Å². The summed E-state index contributed by atoms with van der Waals surface area (Å²) >= 11 is 0. The molecule has 1 aromatic heterocycles. The van der Waals surface area contributed by atoms with E-state index in [1.807, 2.05) is 24.3 Å². The van der Waals surface area contributed by atoms with Gasteiger partial charge in [-0.3, -0.25) is 0 Å². The van der Waals surface area contributed by atoms with E-state index in [9.17, 15) is 5.11 Å². The van der Waals surface area contributed by atoms with Gasteiger partial charge in [0.05, 0.1) is 12.1 Å². The van der Waals surface area contributed by atoms with Crippen LogP contribution >= 0.6 is 0 Å². The highest BCUT2D eigenvalue weighted by Crippen LogP contribution is 2.27. The average molecular weight is 281 g/mol. The first-order valence-corrected chi connectivity index (χ1v) is 7.26. The Morgan fingerprint density at radius 2 is 1.86 bits per heavy atom. The zero-order valence-electron chi connectivity index (χ0n) is 12.1. The van der Waals surface area contributed by atoms with E-state index in [0.717, 1.165) is 41.8 Å². The van der Waals surface area contributed by atoms with Crippen molar-refractivity contribution in [1.29, 1.82) is 0 Å². The van der Waals surface area contributed by atoms with Crippen molar-refractivity contribution in [3.63, 3.8) is 0 Å². The Hall–Kier alpha value is -2.42. The van der Waals surface area contributed by atoms with Crippen LogP contribution < -0.4 is 4.74 Å². The molecule has 0 atom stereocenters. The first-order valence-electron chi connectivity index (χ1n) is 7.26. The van der Waals surface area contributed by atoms with Crippen LogP contribution in [-0.4, -0.2) is 16.3 Å². The van der Waals surface area contributed by atoms with Gasteiger partial charge >= 0.3 is 0 Å². The van der Waals surface area contributed by atoms with E-state index in [-0.39, 0.29) is 0 Å². The molecule has 1 N–H and O–H groups in total. The van der Waals surface area contributed by atoms with Gasteiger partial charge in [-0.15, -0.1) is 0 Å². The zero-order valence-corrected chi connectivity index (χ0v) is 12.1. The largest absolute Gasteiger partial charge is 0.508 e. The number of phenols is 1. The van der Waals surface area contributed by atoms with Crippen molar-refractivity contribution < 1.29 is 9.84 Å². The van der Waals surface area contributed by atoms with Crippen molar-refractivity contribution in [3.05, 3.63) is 60.3 Å². The number of rotatable bonds is 5. The molecule has 3 nitrogen and oxygen atoms in total. The van der Waals surface area contributed by atoms with E-state index in [1.54, 1.807) is 12.1 Å². The van der Waals surface area contributed by atoms with Crippen LogP contribution in [0.15, 0.2) is 54.7 Å². The summed E-state index contributed by atoms with van der Waals surface area (Å²) in [5.41, 5.74) is 2.32. The molecule has 2 aromatic carbocycles. The number of phenolic OH excluding ortho intramolecular Hbond substituents is 1. The van der Waals surface area contributed by atoms with Crippen molar-refractivity contribution in [2.24, 2.45) is 0 Å². The highest BCUT2D eigenvalue weighted by Gasteiger charge is 2.06. The smallest absolute Gasteiger partial charge is 0.128 e. The maximum atomic E-state index is 9.35. The molecule has 3 heteroatoms. The Bertz CT molecular complexity index is 729. The van der Waals surface area contributed by atoms with Gasteiger partial charge in [0.25, 0.3) is 0 Å². The van der Waals surface area contributed by atoms with Crippen LogP contribution in [0.2, 0.25) is 0 Å². The third kappa shape index (κ3) is 2.87. The maximum absolute atomic E-state index is 9.35. The normalized spacial score (nSPS) is 10.9. The molecule has 1 heterocycles. The van der Waals surface area contributed by atoms with Crippen molar-refractivity contribution in [3.8, 4) is 11.5 Å². The summed E-state index contributed by atoms with van der Waals surface area (Å²) in [6, 6.07) is 15.6. The molecule has 0 amide bonds. The minimum atomic E-state index is 0.298. The van der Waals surface area contributed by atoms with Crippen molar-refractivity contribution >= 4 is 10.9 Å². The number of aromatic hydroxyl groups is 1. The molecule has 0 fully saturated rings. The first kappa shape index (κ1) is 13.6. The van der Waals surface area contributed by atoms with E-state index in [2.05, 4.69) is 29.8 Å². The number of ether oxygens (including phenoxy) is 1. The Labute approximate surface area is 124 Å². The molecule has 0 saturated carbocycles. The number of aromatic nitrogens is 1. The van der Waals surface area contributed by atoms with Crippen LogP contribution in [0.4, 0.5) is 0 Å². The molecule has 0 aliphatic rings. The van der Waals surface area contributed by atoms with Gasteiger partial charge in [0.15, 0.2) is 0 Å². The Morgan fingerprint density at radius 1 is 1.05 bits per heavy atom. The molecular formula is C18H19NO2. The number of fused-ring (bicyclic) bond motifs is 1. The third-order valence-corrected chi connectivity index (χ3v) is 3.52. The molecule has 0 saturated heterocycles. The quantitative estimate of drug-likeness (QED) is 0.761. The van der Waals surface area contributed by atoms with Crippen LogP contribution in [-0.2, 0) is 6.54 Å². The second kappa shape index (κ2) is 5.92. The second-order valence-electron chi connectivity index (χ2n) is 5.15. The monoisotopic (exact) mass is 281 g/mol. The molecule has 0 aliphatic carbocycles. The second-order valence-corrected chi connectivity index (χ2v) is 5.15. The van der Waals surface area contributed by atoms with Gasteiger partial charge in [0.1, 0.15) is 11.5 Å². The van der Waals surface area contributed by atoms with Crippen molar-refractivity contribution in [2.75, 3.05) is 6.61 Å². The topological polar surface area (TPSA) is 34.4 Å². The summed E-state index contributed by atoms with van der Waals surface area (Å²) in [6.45, 7) is 3.62. The number of hydrogen-bond acceptors (Lipinski definition) is 2. The molecule has 0 spiro atoms. The lowest BCUT2D eigenvalue weighted by Crippen LogP contribution is -1.98. The SMILES string of the molecule is CCCOc1cccc2c1ccn2Cc1ccc(O)cc1. The van der Waals surface area contributed by atoms with Gasteiger partial charge in [-0.05, 0) is 42.3 Å². The lowest BCUT2D eigenvalue weighted by Gasteiger charge is -2.08. The van der Waals surface area contributed by atoms with Crippen LogP contribution in [0.25, 0.3) is 10.9 Å². The highest BCUT2D eigenvalue weighted by molar-refractivity contribution is 5.86. The van der Waals surface area contributed by atoms with Crippen molar-refractivity contribution in [1.82, 2.24) is 4.57 Å². The summed E-state index contributed by atoms with van der Waals surface area (Å²) < 4.78 is 8.00. The van der Waals surface area contributed by atoms with Crippen molar-refractivity contribution in [2.45, 2.75) is 19.9 Å². The fourth-order valence-electron chi connectivity index (χ4n) is 2.47. The first-order chi connectivity index (χ1) is 10.3. The summed E-state index contributed by atoms with van der Waals surface area (Å²) in [4.78, 5) is 0. The minimum absolute atomic E-state index is 0.298. The molecule has 0 bridgehead atoms. The molecule has 0 aliphatic heterocycles. The number of nitrogens with zero attached hydrogens (tertiary/aromatic N) is 1. The van der Waals surface area contributed by atoms with Gasteiger partial charge in [-0.25, -0.2) is 0 Å². The summed E-state index contributed by atoms with van der Waals surface area (Å²) in [6.07, 6.45) is 3.08. The molecule has 108 valence electrons. The predicted molar refractivity (Wildman–Crippen MR) is 84.9 cm³/mol. The Balaban J connectivity index is 1.91. The predicted octanol–water partition coefficient (Wildman–Crippen LogP) is 4.18. The average Bonchev–Trinajstić information content (AvgIpc) is 2.91. The molecular weight excluding hydrogens is 262 g/mol. The van der Waals surface area contributed by atoms with Crippen LogP contribution in [0, 0.1) is 0 Å². The lowest BCUT2D eigenvalue weighted by atomic mass is 10.2. The highest BCUT2D eigenvalue weighted by atomic mass is 16.5. The van der Waals surface area contributed by atoms with E-state index in [0.29, 0.717) is 5.75 Å². The maximum Gasteiger partial charge on any atom is 0.128 e. The lowest BCUT2D eigenvalue weighted by molar-refractivity contribution is 0.321. The van der Waals surface area contributed by atoms with Gasteiger partial charge in [0, 0.05) is 18.1 Å². The molecule has 0 unspecified atom stereocenters. The van der Waals surface area contributed by atoms with E-state index >= 15 is 0 Å².